The van der Waals surface area contributed by atoms with Crippen molar-refractivity contribution in [3.05, 3.63) is 0 Å². The molecule has 0 aromatic heterocycles. The molecule has 2 rings (SSSR count). The summed E-state index contributed by atoms with van der Waals surface area (Å²) in [5, 5.41) is 0. The number of rotatable bonds is 3. The molecule has 21 heavy (non-hydrogen) atoms. The van der Waals surface area contributed by atoms with Crippen molar-refractivity contribution in [3.63, 3.8) is 0 Å². The Morgan fingerprint density at radius 3 is 2.33 bits per heavy atom. The number of ether oxygens (including phenoxy) is 1. The molecule has 0 spiro atoms. The maximum Gasteiger partial charge on any atom is 0.410 e. The van der Waals surface area contributed by atoms with Gasteiger partial charge in [0, 0.05) is 31.7 Å². The lowest BCUT2D eigenvalue weighted by molar-refractivity contribution is 0.0156. The second kappa shape index (κ2) is 6.53. The van der Waals surface area contributed by atoms with Gasteiger partial charge in [-0.3, -0.25) is 0 Å². The van der Waals surface area contributed by atoms with Crippen molar-refractivity contribution in [3.8, 4) is 0 Å². The van der Waals surface area contributed by atoms with Gasteiger partial charge in [0.25, 0.3) is 0 Å². The number of nitrogens with zero attached hydrogens (tertiary/aromatic N) is 2. The molecule has 5 heteroatoms. The first-order valence-corrected chi connectivity index (χ1v) is 8.18. The van der Waals surface area contributed by atoms with Crippen LogP contribution in [0.3, 0.4) is 0 Å². The van der Waals surface area contributed by atoms with Gasteiger partial charge in [-0.2, -0.15) is 0 Å². The third-order valence-corrected chi connectivity index (χ3v) is 4.59. The molecule has 122 valence electrons. The number of hydrogen-bond acceptors (Lipinski definition) is 4. The van der Waals surface area contributed by atoms with Crippen molar-refractivity contribution in [1.29, 1.82) is 0 Å². The van der Waals surface area contributed by atoms with Crippen LogP contribution < -0.4 is 5.73 Å². The van der Waals surface area contributed by atoms with Gasteiger partial charge in [-0.15, -0.1) is 0 Å². The fourth-order valence-electron chi connectivity index (χ4n) is 3.17. The van der Waals surface area contributed by atoms with Crippen LogP contribution in [0.25, 0.3) is 0 Å². The lowest BCUT2D eigenvalue weighted by atomic mass is 9.85. The second-order valence-electron chi connectivity index (χ2n) is 7.74. The molecular formula is C16H31N3O2. The molecule has 0 unspecified atom stereocenters. The van der Waals surface area contributed by atoms with Gasteiger partial charge in [0.15, 0.2) is 0 Å². The number of carbonyl (C=O) groups excluding carboxylic acids is 1. The van der Waals surface area contributed by atoms with E-state index in [1.165, 1.54) is 0 Å². The molecule has 0 radical (unpaired) electrons. The highest BCUT2D eigenvalue weighted by molar-refractivity contribution is 5.68. The van der Waals surface area contributed by atoms with Gasteiger partial charge < -0.3 is 20.3 Å². The first-order valence-electron chi connectivity index (χ1n) is 8.18. The lowest BCUT2D eigenvalue weighted by Gasteiger charge is -2.42. The van der Waals surface area contributed by atoms with Crippen LogP contribution >= 0.6 is 0 Å². The van der Waals surface area contributed by atoms with E-state index in [0.717, 1.165) is 45.3 Å². The largest absolute Gasteiger partial charge is 0.444 e. The van der Waals surface area contributed by atoms with Gasteiger partial charge in [0.05, 0.1) is 0 Å². The average Bonchev–Trinajstić information content (AvgIpc) is 2.33. The SMILES string of the molecule is CN(CC1CCN(C(=O)OC(C)(C)C)CC1)C1CC(N)C1. The number of amides is 1. The number of likely N-dealkylation sites (tertiary alicyclic amines) is 1. The Morgan fingerprint density at radius 1 is 1.29 bits per heavy atom. The fraction of sp³-hybridized carbons (Fsp3) is 0.938. The van der Waals surface area contributed by atoms with Crippen LogP contribution in [0.2, 0.25) is 0 Å². The van der Waals surface area contributed by atoms with Crippen LogP contribution in [0.15, 0.2) is 0 Å². The Morgan fingerprint density at radius 2 is 1.86 bits per heavy atom. The van der Waals surface area contributed by atoms with Gasteiger partial charge in [-0.05, 0) is 59.4 Å². The van der Waals surface area contributed by atoms with Crippen LogP contribution in [-0.4, -0.2) is 60.3 Å². The molecule has 1 aliphatic carbocycles. The molecule has 0 atom stereocenters. The van der Waals surface area contributed by atoms with E-state index in [0.29, 0.717) is 18.0 Å². The summed E-state index contributed by atoms with van der Waals surface area (Å²) >= 11 is 0. The molecule has 0 aromatic carbocycles. The zero-order valence-corrected chi connectivity index (χ0v) is 14.0. The minimum absolute atomic E-state index is 0.167. The van der Waals surface area contributed by atoms with Crippen LogP contribution in [0.5, 0.6) is 0 Å². The van der Waals surface area contributed by atoms with E-state index in [4.69, 9.17) is 10.5 Å². The van der Waals surface area contributed by atoms with Crippen LogP contribution in [0.4, 0.5) is 4.79 Å². The summed E-state index contributed by atoms with van der Waals surface area (Å²) in [5.41, 5.74) is 5.45. The number of nitrogens with two attached hydrogens (primary N) is 1. The van der Waals surface area contributed by atoms with Crippen molar-refractivity contribution in [1.82, 2.24) is 9.80 Å². The summed E-state index contributed by atoms with van der Waals surface area (Å²) in [6, 6.07) is 1.08. The topological polar surface area (TPSA) is 58.8 Å². The van der Waals surface area contributed by atoms with E-state index < -0.39 is 5.60 Å². The summed E-state index contributed by atoms with van der Waals surface area (Å²) in [5.74, 6) is 0.686. The van der Waals surface area contributed by atoms with Gasteiger partial charge in [-0.25, -0.2) is 4.79 Å². The Labute approximate surface area is 128 Å². The molecule has 2 N–H and O–H groups in total. The number of carbonyl (C=O) groups is 1. The van der Waals surface area contributed by atoms with Gasteiger partial charge in [0.1, 0.15) is 5.60 Å². The molecule has 2 fully saturated rings. The second-order valence-corrected chi connectivity index (χ2v) is 7.74. The summed E-state index contributed by atoms with van der Waals surface area (Å²) in [7, 11) is 2.21. The summed E-state index contributed by atoms with van der Waals surface area (Å²) in [4.78, 5) is 16.3. The van der Waals surface area contributed by atoms with E-state index in [1.807, 2.05) is 25.7 Å². The third kappa shape index (κ3) is 4.85. The number of hydrogen-bond donors (Lipinski definition) is 1. The lowest BCUT2D eigenvalue weighted by Crippen LogP contribution is -2.51. The standard InChI is InChI=1S/C16H31N3O2/c1-16(2,3)21-15(20)19-7-5-12(6-8-19)11-18(4)14-9-13(17)10-14/h12-14H,5-11,17H2,1-4H3. The Bertz CT molecular complexity index is 353. The van der Waals surface area contributed by atoms with Crippen molar-refractivity contribution in [2.45, 2.75) is 64.1 Å². The first kappa shape index (κ1) is 16.6. The van der Waals surface area contributed by atoms with Crippen LogP contribution in [0.1, 0.15) is 46.5 Å². The summed E-state index contributed by atoms with van der Waals surface area (Å²) in [6.07, 6.45) is 4.24. The van der Waals surface area contributed by atoms with Crippen molar-refractivity contribution in [2.24, 2.45) is 11.7 Å². The van der Waals surface area contributed by atoms with Gasteiger partial charge in [-0.1, -0.05) is 0 Å². The fourth-order valence-corrected chi connectivity index (χ4v) is 3.17. The Hall–Kier alpha value is -0.810. The van der Waals surface area contributed by atoms with Gasteiger partial charge >= 0.3 is 6.09 Å². The zero-order valence-electron chi connectivity index (χ0n) is 14.0. The van der Waals surface area contributed by atoms with E-state index >= 15 is 0 Å². The molecule has 0 bridgehead atoms. The average molecular weight is 297 g/mol. The zero-order chi connectivity index (χ0) is 15.6. The summed E-state index contributed by atoms with van der Waals surface area (Å²) < 4.78 is 5.43. The number of piperidine rings is 1. The van der Waals surface area contributed by atoms with Gasteiger partial charge in [0.2, 0.25) is 0 Å². The Kier molecular flexibility index (Phi) is 5.15. The predicted octanol–water partition coefficient (Wildman–Crippen LogP) is 2.05. The highest BCUT2D eigenvalue weighted by atomic mass is 16.6. The maximum atomic E-state index is 12.0. The molecule has 1 heterocycles. The van der Waals surface area contributed by atoms with E-state index in [-0.39, 0.29) is 6.09 Å². The molecule has 1 saturated carbocycles. The third-order valence-electron chi connectivity index (χ3n) is 4.59. The monoisotopic (exact) mass is 297 g/mol. The van der Waals surface area contributed by atoms with E-state index in [1.54, 1.807) is 0 Å². The van der Waals surface area contributed by atoms with E-state index in [2.05, 4.69) is 11.9 Å². The first-order chi connectivity index (χ1) is 9.74. The molecular weight excluding hydrogens is 266 g/mol. The maximum absolute atomic E-state index is 12.0. The van der Waals surface area contributed by atoms with Crippen LogP contribution in [0, 0.1) is 5.92 Å². The van der Waals surface area contributed by atoms with Crippen molar-refractivity contribution >= 4 is 6.09 Å². The van der Waals surface area contributed by atoms with Crippen molar-refractivity contribution in [2.75, 3.05) is 26.7 Å². The minimum atomic E-state index is -0.406. The molecule has 2 aliphatic rings. The predicted molar refractivity (Wildman–Crippen MR) is 84.2 cm³/mol. The van der Waals surface area contributed by atoms with Crippen LogP contribution in [-0.2, 0) is 4.74 Å². The highest BCUT2D eigenvalue weighted by Crippen LogP contribution is 2.26. The van der Waals surface area contributed by atoms with Crippen molar-refractivity contribution < 1.29 is 9.53 Å². The molecule has 1 saturated heterocycles. The molecule has 1 amide bonds. The molecule has 1 aliphatic heterocycles. The molecule has 5 nitrogen and oxygen atoms in total. The normalized spacial score (nSPS) is 27.6. The summed E-state index contributed by atoms with van der Waals surface area (Å²) in [6.45, 7) is 8.50. The highest BCUT2D eigenvalue weighted by Gasteiger charge is 2.32. The Balaban J connectivity index is 1.69. The van der Waals surface area contributed by atoms with E-state index in [9.17, 15) is 4.79 Å². The smallest absolute Gasteiger partial charge is 0.410 e. The minimum Gasteiger partial charge on any atom is -0.444 e. The molecule has 0 aromatic rings. The quantitative estimate of drug-likeness (QED) is 0.866.